The second-order valence-electron chi connectivity index (χ2n) is 6.13. The van der Waals surface area contributed by atoms with Gasteiger partial charge < -0.3 is 9.47 Å². The van der Waals surface area contributed by atoms with Crippen LogP contribution in [0, 0.1) is 0 Å². The minimum absolute atomic E-state index is 0.277. The lowest BCUT2D eigenvalue weighted by Crippen LogP contribution is -2.18. The number of nitrogens with zero attached hydrogens (tertiary/aromatic N) is 2. The molecule has 0 saturated heterocycles. The third-order valence-electron chi connectivity index (χ3n) is 4.29. The summed E-state index contributed by atoms with van der Waals surface area (Å²) in [5.41, 5.74) is 4.20. The standard InChI is InChI=1S/C22H20N2O2/c1-17(19-12-13-21-22(14-19)26-16-25-21)23-24(20-10-6-3-7-11-20)15-18-8-4-2-5-9-18/h2-14H,15-16H2,1H3/b23-17+. The van der Waals surface area contributed by atoms with Gasteiger partial charge in [0.25, 0.3) is 0 Å². The largest absolute Gasteiger partial charge is 0.454 e. The first-order chi connectivity index (χ1) is 12.8. The van der Waals surface area contributed by atoms with Crippen molar-refractivity contribution in [3.8, 4) is 11.5 Å². The minimum atomic E-state index is 0.277. The Hall–Kier alpha value is -3.27. The molecule has 1 aliphatic rings. The average Bonchev–Trinajstić information content (AvgIpc) is 3.17. The molecule has 1 heterocycles. The normalized spacial score (nSPS) is 12.9. The van der Waals surface area contributed by atoms with Crippen LogP contribution < -0.4 is 14.5 Å². The highest BCUT2D eigenvalue weighted by Crippen LogP contribution is 2.32. The van der Waals surface area contributed by atoms with Gasteiger partial charge in [-0.05, 0) is 42.8 Å². The molecule has 130 valence electrons. The predicted octanol–water partition coefficient (Wildman–Crippen LogP) is 4.85. The van der Waals surface area contributed by atoms with Gasteiger partial charge in [0.05, 0.1) is 17.9 Å². The first-order valence-electron chi connectivity index (χ1n) is 8.61. The molecule has 0 aromatic heterocycles. The van der Waals surface area contributed by atoms with Gasteiger partial charge in [-0.3, -0.25) is 5.01 Å². The van der Waals surface area contributed by atoms with Crippen LogP contribution >= 0.6 is 0 Å². The van der Waals surface area contributed by atoms with Crippen LogP contribution in [0.3, 0.4) is 0 Å². The third kappa shape index (κ3) is 3.54. The summed E-state index contributed by atoms with van der Waals surface area (Å²) in [4.78, 5) is 0. The van der Waals surface area contributed by atoms with E-state index in [9.17, 15) is 0 Å². The van der Waals surface area contributed by atoms with Crippen LogP contribution in [0.15, 0.2) is 84.0 Å². The van der Waals surface area contributed by atoms with Crippen molar-refractivity contribution in [3.05, 3.63) is 90.0 Å². The lowest BCUT2D eigenvalue weighted by Gasteiger charge is -2.20. The molecule has 0 spiro atoms. The maximum absolute atomic E-state index is 5.48. The molecule has 0 fully saturated rings. The van der Waals surface area contributed by atoms with Gasteiger partial charge in [0.2, 0.25) is 6.79 Å². The van der Waals surface area contributed by atoms with Crippen LogP contribution in [-0.4, -0.2) is 12.5 Å². The van der Waals surface area contributed by atoms with Gasteiger partial charge in [-0.15, -0.1) is 0 Å². The second-order valence-corrected chi connectivity index (χ2v) is 6.13. The number of fused-ring (bicyclic) bond motifs is 1. The first-order valence-corrected chi connectivity index (χ1v) is 8.61. The zero-order valence-corrected chi connectivity index (χ0v) is 14.6. The van der Waals surface area contributed by atoms with E-state index in [0.717, 1.165) is 28.5 Å². The van der Waals surface area contributed by atoms with Gasteiger partial charge in [-0.2, -0.15) is 5.10 Å². The molecule has 4 rings (SSSR count). The molecule has 0 radical (unpaired) electrons. The lowest BCUT2D eigenvalue weighted by atomic mass is 10.1. The summed E-state index contributed by atoms with van der Waals surface area (Å²) >= 11 is 0. The fourth-order valence-electron chi connectivity index (χ4n) is 2.90. The fraction of sp³-hybridized carbons (Fsp3) is 0.136. The van der Waals surface area contributed by atoms with Crippen LogP contribution in [0.5, 0.6) is 11.5 Å². The van der Waals surface area contributed by atoms with E-state index in [1.54, 1.807) is 0 Å². The molecule has 0 N–H and O–H groups in total. The van der Waals surface area contributed by atoms with Crippen molar-refractivity contribution in [3.63, 3.8) is 0 Å². The maximum Gasteiger partial charge on any atom is 0.231 e. The van der Waals surface area contributed by atoms with Gasteiger partial charge >= 0.3 is 0 Å². The SMILES string of the molecule is C/C(=N\N(Cc1ccccc1)c1ccccc1)c1ccc2c(c1)OCO2. The number of hydrogen-bond acceptors (Lipinski definition) is 4. The van der Waals surface area contributed by atoms with Gasteiger partial charge in [-0.25, -0.2) is 0 Å². The Morgan fingerprint density at radius 2 is 1.58 bits per heavy atom. The van der Waals surface area contributed by atoms with Gasteiger partial charge in [0.1, 0.15) is 0 Å². The molecule has 3 aromatic carbocycles. The van der Waals surface area contributed by atoms with E-state index in [2.05, 4.69) is 24.3 Å². The van der Waals surface area contributed by atoms with E-state index in [-0.39, 0.29) is 6.79 Å². The van der Waals surface area contributed by atoms with E-state index in [1.807, 2.05) is 66.5 Å². The number of ether oxygens (including phenoxy) is 2. The number of rotatable bonds is 5. The topological polar surface area (TPSA) is 34.1 Å². The molecule has 3 aromatic rings. The highest BCUT2D eigenvalue weighted by Gasteiger charge is 2.15. The molecule has 4 nitrogen and oxygen atoms in total. The van der Waals surface area contributed by atoms with Crippen LogP contribution in [0.1, 0.15) is 18.1 Å². The highest BCUT2D eigenvalue weighted by molar-refractivity contribution is 5.99. The van der Waals surface area contributed by atoms with Crippen LogP contribution in [0.2, 0.25) is 0 Å². The Labute approximate surface area is 153 Å². The average molecular weight is 344 g/mol. The summed E-state index contributed by atoms with van der Waals surface area (Å²) < 4.78 is 10.9. The number of para-hydroxylation sites is 1. The van der Waals surface area contributed by atoms with Crippen LogP contribution in [0.25, 0.3) is 0 Å². The Kier molecular flexibility index (Phi) is 4.56. The molecule has 0 bridgehead atoms. The van der Waals surface area contributed by atoms with Crippen molar-refractivity contribution in [2.45, 2.75) is 13.5 Å². The quantitative estimate of drug-likeness (QED) is 0.490. The van der Waals surface area contributed by atoms with Crippen molar-refractivity contribution in [1.29, 1.82) is 0 Å². The van der Waals surface area contributed by atoms with Crippen LogP contribution in [-0.2, 0) is 6.54 Å². The molecular formula is C22H20N2O2. The number of hydrazone groups is 1. The third-order valence-corrected chi connectivity index (χ3v) is 4.29. The molecule has 0 amide bonds. The van der Waals surface area contributed by atoms with Gasteiger partial charge in [0, 0.05) is 5.56 Å². The smallest absolute Gasteiger partial charge is 0.231 e. The van der Waals surface area contributed by atoms with Crippen molar-refractivity contribution in [1.82, 2.24) is 0 Å². The van der Waals surface area contributed by atoms with Gasteiger partial charge in [-0.1, -0.05) is 48.5 Å². The molecule has 0 unspecified atom stereocenters. The molecule has 1 aliphatic heterocycles. The summed E-state index contributed by atoms with van der Waals surface area (Å²) in [6, 6.07) is 26.5. The predicted molar refractivity (Wildman–Crippen MR) is 104 cm³/mol. The molecule has 4 heteroatoms. The molecular weight excluding hydrogens is 324 g/mol. The maximum atomic E-state index is 5.48. The number of hydrogen-bond donors (Lipinski definition) is 0. The lowest BCUT2D eigenvalue weighted by molar-refractivity contribution is 0.174. The molecule has 0 atom stereocenters. The Morgan fingerprint density at radius 3 is 2.35 bits per heavy atom. The molecule has 0 aliphatic carbocycles. The monoisotopic (exact) mass is 344 g/mol. The van der Waals surface area contributed by atoms with Crippen molar-refractivity contribution in [2.24, 2.45) is 5.10 Å². The minimum Gasteiger partial charge on any atom is -0.454 e. The Bertz CT molecular complexity index is 908. The number of benzene rings is 3. The van der Waals surface area contributed by atoms with E-state index in [1.165, 1.54) is 5.56 Å². The zero-order valence-electron chi connectivity index (χ0n) is 14.6. The zero-order chi connectivity index (χ0) is 17.8. The van der Waals surface area contributed by atoms with E-state index < -0.39 is 0 Å². The summed E-state index contributed by atoms with van der Waals surface area (Å²) in [7, 11) is 0. The Balaban J connectivity index is 1.66. The van der Waals surface area contributed by atoms with E-state index in [4.69, 9.17) is 14.6 Å². The summed E-state index contributed by atoms with van der Waals surface area (Å²) in [6.07, 6.45) is 0. The highest BCUT2D eigenvalue weighted by atomic mass is 16.7. The second kappa shape index (κ2) is 7.31. The van der Waals surface area contributed by atoms with Gasteiger partial charge in [0.15, 0.2) is 11.5 Å². The summed E-state index contributed by atoms with van der Waals surface area (Å²) in [5.74, 6) is 1.55. The van der Waals surface area contributed by atoms with Crippen molar-refractivity contribution < 1.29 is 9.47 Å². The van der Waals surface area contributed by atoms with E-state index >= 15 is 0 Å². The Morgan fingerprint density at radius 1 is 0.885 bits per heavy atom. The number of anilines is 1. The first kappa shape index (κ1) is 16.2. The van der Waals surface area contributed by atoms with Crippen LogP contribution in [0.4, 0.5) is 5.69 Å². The summed E-state index contributed by atoms with van der Waals surface area (Å²) in [5, 5.41) is 6.91. The molecule has 0 saturated carbocycles. The van der Waals surface area contributed by atoms with Crippen molar-refractivity contribution >= 4 is 11.4 Å². The van der Waals surface area contributed by atoms with Crippen molar-refractivity contribution in [2.75, 3.05) is 11.8 Å². The summed E-state index contributed by atoms with van der Waals surface area (Å²) in [6.45, 7) is 2.99. The van der Waals surface area contributed by atoms with E-state index in [0.29, 0.717) is 6.54 Å². The molecule has 26 heavy (non-hydrogen) atoms. The fourth-order valence-corrected chi connectivity index (χ4v) is 2.90.